The lowest BCUT2D eigenvalue weighted by atomic mass is 9.77. The lowest BCUT2D eigenvalue weighted by Gasteiger charge is -2.37. The molecule has 0 spiro atoms. The van der Waals surface area contributed by atoms with Crippen molar-refractivity contribution in [3.8, 4) is 0 Å². The zero-order valence-electron chi connectivity index (χ0n) is 8.18. The van der Waals surface area contributed by atoms with E-state index in [1.807, 2.05) is 6.92 Å². The second kappa shape index (κ2) is 4.24. The molecule has 2 nitrogen and oxygen atoms in total. The van der Waals surface area contributed by atoms with Gasteiger partial charge in [-0.3, -0.25) is 0 Å². The van der Waals surface area contributed by atoms with Gasteiger partial charge in [0.25, 0.3) is 0 Å². The van der Waals surface area contributed by atoms with E-state index in [4.69, 9.17) is 4.74 Å². The smallest absolute Gasteiger partial charge is 0.0905 e. The summed E-state index contributed by atoms with van der Waals surface area (Å²) in [6, 6.07) is 0. The molecule has 1 N–H and O–H groups in total. The molecule has 1 rings (SSSR count). The molecule has 0 aliphatic heterocycles. The number of ether oxygens (including phenoxy) is 1. The van der Waals surface area contributed by atoms with Crippen LogP contribution in [-0.2, 0) is 4.74 Å². The maximum atomic E-state index is 10.1. The Balaban J connectivity index is 2.42. The first-order valence-corrected chi connectivity index (χ1v) is 4.99. The summed E-state index contributed by atoms with van der Waals surface area (Å²) in [5.41, 5.74) is -0.533. The molecule has 2 atom stereocenters. The molecule has 1 aliphatic carbocycles. The molecular weight excluding hydrogens is 152 g/mol. The molecule has 2 heteroatoms. The van der Waals surface area contributed by atoms with Gasteiger partial charge in [0.05, 0.1) is 12.2 Å². The Morgan fingerprint density at radius 1 is 1.50 bits per heavy atom. The average Bonchev–Trinajstić information content (AvgIpc) is 2.07. The van der Waals surface area contributed by atoms with Crippen molar-refractivity contribution >= 4 is 0 Å². The minimum atomic E-state index is -0.533. The summed E-state index contributed by atoms with van der Waals surface area (Å²) in [6.07, 6.45) is 4.46. The summed E-state index contributed by atoms with van der Waals surface area (Å²) >= 11 is 0. The maximum absolute atomic E-state index is 10.1. The molecule has 0 aromatic carbocycles. The Hall–Kier alpha value is -0.0800. The fraction of sp³-hybridized carbons (Fsp3) is 1.00. The van der Waals surface area contributed by atoms with Crippen molar-refractivity contribution in [2.75, 3.05) is 13.2 Å². The van der Waals surface area contributed by atoms with Crippen LogP contribution in [0.1, 0.15) is 39.5 Å². The van der Waals surface area contributed by atoms with Gasteiger partial charge in [0.1, 0.15) is 0 Å². The summed E-state index contributed by atoms with van der Waals surface area (Å²) in [5.74, 6) is 0.401. The molecule has 0 heterocycles. The third-order valence-electron chi connectivity index (χ3n) is 2.97. The van der Waals surface area contributed by atoms with Gasteiger partial charge in [-0.15, -0.1) is 0 Å². The van der Waals surface area contributed by atoms with Crippen molar-refractivity contribution in [1.82, 2.24) is 0 Å². The summed E-state index contributed by atoms with van der Waals surface area (Å²) in [6.45, 7) is 5.31. The molecule has 0 aromatic heterocycles. The quantitative estimate of drug-likeness (QED) is 0.705. The highest BCUT2D eigenvalue weighted by atomic mass is 16.5. The van der Waals surface area contributed by atoms with Crippen LogP contribution in [0, 0.1) is 5.92 Å². The largest absolute Gasteiger partial charge is 0.387 e. The molecule has 12 heavy (non-hydrogen) atoms. The van der Waals surface area contributed by atoms with Crippen LogP contribution in [0.2, 0.25) is 0 Å². The Morgan fingerprint density at radius 2 is 2.25 bits per heavy atom. The van der Waals surface area contributed by atoms with E-state index in [2.05, 4.69) is 6.92 Å². The maximum Gasteiger partial charge on any atom is 0.0905 e. The minimum Gasteiger partial charge on any atom is -0.387 e. The van der Waals surface area contributed by atoms with Gasteiger partial charge in [-0.05, 0) is 25.7 Å². The van der Waals surface area contributed by atoms with Gasteiger partial charge in [-0.25, -0.2) is 0 Å². The summed E-state index contributed by atoms with van der Waals surface area (Å²) in [4.78, 5) is 0. The first-order valence-electron chi connectivity index (χ1n) is 4.99. The van der Waals surface area contributed by atoms with Crippen LogP contribution in [-0.4, -0.2) is 23.9 Å². The Kier molecular flexibility index (Phi) is 3.53. The zero-order chi connectivity index (χ0) is 9.03. The van der Waals surface area contributed by atoms with Gasteiger partial charge in [-0.1, -0.05) is 19.8 Å². The third kappa shape index (κ3) is 2.20. The zero-order valence-corrected chi connectivity index (χ0v) is 8.18. The van der Waals surface area contributed by atoms with Gasteiger partial charge >= 0.3 is 0 Å². The molecule has 2 unspecified atom stereocenters. The van der Waals surface area contributed by atoms with E-state index >= 15 is 0 Å². The molecule has 1 aliphatic rings. The lowest BCUT2D eigenvalue weighted by molar-refractivity contribution is -0.0980. The fourth-order valence-electron chi connectivity index (χ4n) is 1.89. The molecule has 72 valence electrons. The topological polar surface area (TPSA) is 29.5 Å². The van der Waals surface area contributed by atoms with Crippen molar-refractivity contribution in [2.24, 2.45) is 5.92 Å². The molecule has 0 aromatic rings. The van der Waals surface area contributed by atoms with E-state index in [-0.39, 0.29) is 0 Å². The summed E-state index contributed by atoms with van der Waals surface area (Å²) < 4.78 is 5.30. The second-order valence-electron chi connectivity index (χ2n) is 3.89. The van der Waals surface area contributed by atoms with Gasteiger partial charge in [0, 0.05) is 6.61 Å². The van der Waals surface area contributed by atoms with Gasteiger partial charge in [0.15, 0.2) is 0 Å². The highest BCUT2D eigenvalue weighted by molar-refractivity contribution is 4.87. The first kappa shape index (κ1) is 10.0. The molecule has 1 fully saturated rings. The van der Waals surface area contributed by atoms with E-state index in [9.17, 15) is 5.11 Å². The normalized spacial score (nSPS) is 36.8. The van der Waals surface area contributed by atoms with E-state index < -0.39 is 5.60 Å². The van der Waals surface area contributed by atoms with E-state index in [1.165, 1.54) is 6.42 Å². The molecule has 0 radical (unpaired) electrons. The van der Waals surface area contributed by atoms with Crippen LogP contribution < -0.4 is 0 Å². The fourth-order valence-corrected chi connectivity index (χ4v) is 1.89. The molecule has 0 amide bonds. The van der Waals surface area contributed by atoms with Crippen molar-refractivity contribution in [1.29, 1.82) is 0 Å². The molecule has 1 saturated carbocycles. The van der Waals surface area contributed by atoms with Gasteiger partial charge in [0.2, 0.25) is 0 Å². The Morgan fingerprint density at radius 3 is 2.83 bits per heavy atom. The highest BCUT2D eigenvalue weighted by Gasteiger charge is 2.35. The van der Waals surface area contributed by atoms with E-state index in [0.29, 0.717) is 19.1 Å². The summed E-state index contributed by atoms with van der Waals surface area (Å²) in [7, 11) is 0. The SMILES string of the molecule is CCOCC1(O)CCCCC1C. The average molecular weight is 172 g/mol. The van der Waals surface area contributed by atoms with E-state index in [0.717, 1.165) is 19.3 Å². The number of aliphatic hydroxyl groups is 1. The van der Waals surface area contributed by atoms with Gasteiger partial charge in [-0.2, -0.15) is 0 Å². The van der Waals surface area contributed by atoms with Crippen LogP contribution in [0.5, 0.6) is 0 Å². The predicted octanol–water partition coefficient (Wildman–Crippen LogP) is 1.96. The third-order valence-corrected chi connectivity index (χ3v) is 2.97. The predicted molar refractivity (Wildman–Crippen MR) is 49.1 cm³/mol. The van der Waals surface area contributed by atoms with E-state index in [1.54, 1.807) is 0 Å². The van der Waals surface area contributed by atoms with Crippen molar-refractivity contribution in [3.05, 3.63) is 0 Å². The lowest BCUT2D eigenvalue weighted by Crippen LogP contribution is -2.43. The Bertz CT molecular complexity index is 136. The van der Waals surface area contributed by atoms with Crippen molar-refractivity contribution in [3.63, 3.8) is 0 Å². The van der Waals surface area contributed by atoms with Crippen LogP contribution in [0.15, 0.2) is 0 Å². The van der Waals surface area contributed by atoms with Gasteiger partial charge < -0.3 is 9.84 Å². The molecular formula is C10H20O2. The first-order chi connectivity index (χ1) is 5.69. The minimum absolute atomic E-state index is 0.401. The standard InChI is InChI=1S/C10H20O2/c1-3-12-8-10(11)7-5-4-6-9(10)2/h9,11H,3-8H2,1-2H3. The van der Waals surface area contributed by atoms with Crippen molar-refractivity contribution in [2.45, 2.75) is 45.1 Å². The van der Waals surface area contributed by atoms with Crippen molar-refractivity contribution < 1.29 is 9.84 Å². The van der Waals surface area contributed by atoms with Crippen LogP contribution >= 0.6 is 0 Å². The molecule has 0 bridgehead atoms. The van der Waals surface area contributed by atoms with Crippen LogP contribution in [0.3, 0.4) is 0 Å². The number of rotatable bonds is 3. The number of hydrogen-bond acceptors (Lipinski definition) is 2. The van der Waals surface area contributed by atoms with Crippen LogP contribution in [0.4, 0.5) is 0 Å². The molecule has 0 saturated heterocycles. The highest BCUT2D eigenvalue weighted by Crippen LogP contribution is 2.33. The monoisotopic (exact) mass is 172 g/mol. The van der Waals surface area contributed by atoms with Crippen LogP contribution in [0.25, 0.3) is 0 Å². The Labute approximate surface area is 74.9 Å². The second-order valence-corrected chi connectivity index (χ2v) is 3.89. The summed E-state index contributed by atoms with van der Waals surface area (Å²) in [5, 5.41) is 10.1. The number of hydrogen-bond donors (Lipinski definition) is 1.